The number of rotatable bonds is 56. The number of unbranched alkanes of at least 4 members (excludes halogenated alkanes) is 18. The number of thioether (sulfide) groups is 1. The highest BCUT2D eigenvalue weighted by Crippen LogP contribution is 2.16. The fourth-order valence-electron chi connectivity index (χ4n) is 8.96. The maximum Gasteiger partial charge on any atom is 0.326 e. The van der Waals surface area contributed by atoms with Crippen LogP contribution in [0, 0.1) is 0 Å². The van der Waals surface area contributed by atoms with E-state index in [4.69, 9.17) is 32.4 Å². The van der Waals surface area contributed by atoms with Crippen LogP contribution in [0.1, 0.15) is 226 Å². The molecule has 1 unspecified atom stereocenters. The summed E-state index contributed by atoms with van der Waals surface area (Å²) in [5.74, 6) is -6.50. The lowest BCUT2D eigenvalue weighted by molar-refractivity contribution is -0.157. The summed E-state index contributed by atoms with van der Waals surface area (Å²) in [7, 11) is 0. The number of carboxylic acids is 1. The maximum atomic E-state index is 14.2. The number of aliphatic hydroxyl groups excluding tert-OH is 1. The van der Waals surface area contributed by atoms with Crippen LogP contribution in [0.3, 0.4) is 0 Å². The van der Waals surface area contributed by atoms with Crippen LogP contribution in [0.2, 0.25) is 0 Å². The molecule has 482 valence electrons. The lowest BCUT2D eigenvalue weighted by Crippen LogP contribution is -2.60. The zero-order valence-corrected chi connectivity index (χ0v) is 51.7. The van der Waals surface area contributed by atoms with Crippen LogP contribution < -0.4 is 54.8 Å². The molecule has 7 atom stereocenters. The molecule has 0 aliphatic rings. The summed E-state index contributed by atoms with van der Waals surface area (Å²) in [5.41, 5.74) is 22.9. The Morgan fingerprint density at radius 2 is 0.747 bits per heavy atom. The zero-order valence-electron chi connectivity index (χ0n) is 50.9. The van der Waals surface area contributed by atoms with Crippen molar-refractivity contribution in [2.45, 2.75) is 269 Å². The Morgan fingerprint density at radius 1 is 0.398 bits per heavy atom. The average Bonchev–Trinajstić information content (AvgIpc) is 3.49. The molecule has 23 nitrogen and oxygen atoms in total. The van der Waals surface area contributed by atoms with Crippen LogP contribution in [0.5, 0.6) is 0 Å². The third-order valence-corrected chi connectivity index (χ3v) is 15.2. The van der Waals surface area contributed by atoms with Crippen LogP contribution in [-0.2, 0) is 52.6 Å². The number of aliphatic hydroxyl groups is 1. The smallest absolute Gasteiger partial charge is 0.326 e. The normalized spacial score (nSPS) is 13.7. The molecule has 16 N–H and O–H groups in total. The summed E-state index contributed by atoms with van der Waals surface area (Å²) in [4.78, 5) is 121. The first kappa shape index (κ1) is 78.4. The Kier molecular flexibility index (Phi) is 50.0. The van der Waals surface area contributed by atoms with Crippen LogP contribution in [0.15, 0.2) is 0 Å². The van der Waals surface area contributed by atoms with Gasteiger partial charge in [0.2, 0.25) is 35.4 Å². The minimum atomic E-state index is -1.62. The van der Waals surface area contributed by atoms with Crippen molar-refractivity contribution < 1.29 is 62.8 Å². The summed E-state index contributed by atoms with van der Waals surface area (Å²) in [6.07, 6.45) is 20.3. The van der Waals surface area contributed by atoms with Gasteiger partial charge in [0.1, 0.15) is 49.0 Å². The largest absolute Gasteiger partial charge is 0.480 e. The van der Waals surface area contributed by atoms with Gasteiger partial charge in [0.15, 0.2) is 0 Å². The number of ether oxygens (including phenoxy) is 2. The van der Waals surface area contributed by atoms with E-state index in [0.29, 0.717) is 83.7 Å². The van der Waals surface area contributed by atoms with Crippen molar-refractivity contribution in [1.29, 1.82) is 0 Å². The number of hydrogen-bond donors (Lipinski definition) is 12. The molecule has 83 heavy (non-hydrogen) atoms. The predicted octanol–water partition coefficient (Wildman–Crippen LogP) is 4.54. The molecule has 0 spiro atoms. The first-order chi connectivity index (χ1) is 40.0. The molecule has 0 bridgehead atoms. The fraction of sp³-hybridized carbons (Fsp3) is 0.847. The molecular weight excluding hydrogens is 1090 g/mol. The number of aliphatic carboxylic acids is 1. The Bertz CT molecular complexity index is 1790. The summed E-state index contributed by atoms with van der Waals surface area (Å²) in [5, 5.41) is 36.4. The first-order valence-electron chi connectivity index (χ1n) is 31.4. The number of carbonyl (C=O) groups is 9. The van der Waals surface area contributed by atoms with E-state index in [1.54, 1.807) is 0 Å². The molecule has 24 heteroatoms. The summed E-state index contributed by atoms with van der Waals surface area (Å²) in [6, 6.07) is -7.83. The van der Waals surface area contributed by atoms with Gasteiger partial charge in [0.25, 0.3) is 0 Å². The lowest BCUT2D eigenvalue weighted by Gasteiger charge is -2.27. The van der Waals surface area contributed by atoms with Gasteiger partial charge in [-0.2, -0.15) is 11.8 Å². The Hall–Kier alpha value is -4.62. The van der Waals surface area contributed by atoms with Crippen molar-refractivity contribution in [2.75, 3.05) is 50.9 Å². The van der Waals surface area contributed by atoms with Gasteiger partial charge in [-0.05, 0) is 122 Å². The number of carbonyl (C=O) groups excluding carboxylic acids is 8. The van der Waals surface area contributed by atoms with E-state index in [1.807, 2.05) is 13.8 Å². The molecule has 0 aromatic rings. The highest BCUT2D eigenvalue weighted by molar-refractivity contribution is 7.99. The van der Waals surface area contributed by atoms with Gasteiger partial charge in [-0.1, -0.05) is 111 Å². The van der Waals surface area contributed by atoms with E-state index in [1.165, 1.54) is 38.5 Å². The molecule has 0 saturated carbocycles. The van der Waals surface area contributed by atoms with E-state index in [9.17, 15) is 53.4 Å². The molecular formula is C59H112N10O13S. The van der Waals surface area contributed by atoms with Gasteiger partial charge < -0.3 is 74.5 Å². The molecule has 0 aliphatic carbocycles. The summed E-state index contributed by atoms with van der Waals surface area (Å²) in [6.45, 7) is 6.32. The zero-order chi connectivity index (χ0) is 61.9. The van der Waals surface area contributed by atoms with Crippen LogP contribution >= 0.6 is 11.8 Å². The molecule has 0 saturated heterocycles. The van der Waals surface area contributed by atoms with Gasteiger partial charge >= 0.3 is 17.9 Å². The van der Waals surface area contributed by atoms with Crippen LogP contribution in [0.25, 0.3) is 0 Å². The van der Waals surface area contributed by atoms with Gasteiger partial charge in [0, 0.05) is 30.8 Å². The van der Waals surface area contributed by atoms with E-state index in [-0.39, 0.29) is 76.1 Å². The van der Waals surface area contributed by atoms with Gasteiger partial charge in [-0.25, -0.2) is 4.79 Å². The summed E-state index contributed by atoms with van der Waals surface area (Å²) >= 11 is 1.16. The molecule has 0 aromatic heterocycles. The SMILES string of the molecule is CCCCCCCCCCCCCC(=O)N[C@H](CSCC(COC(=O)CCCCC)OC(=O)CCCCC)C(=O)N[C@@H](CO)C(=O)N[C@@H](CCCCN)C(=O)N[C@@H](CCCCN)C(=O)N[C@@H](CCCCN)C(=O)N[C@@H](CCCCN)C(=O)O. The van der Waals surface area contributed by atoms with Crippen molar-refractivity contribution in [3.8, 4) is 0 Å². The van der Waals surface area contributed by atoms with Crippen LogP contribution in [-0.4, -0.2) is 157 Å². The van der Waals surface area contributed by atoms with Crippen molar-refractivity contribution in [3.05, 3.63) is 0 Å². The van der Waals surface area contributed by atoms with Crippen molar-refractivity contribution in [1.82, 2.24) is 31.9 Å². The molecule has 0 heterocycles. The monoisotopic (exact) mass is 1200 g/mol. The average molecular weight is 1200 g/mol. The predicted molar refractivity (Wildman–Crippen MR) is 325 cm³/mol. The second kappa shape index (κ2) is 52.9. The standard InChI is InChI=1S/C59H112N10O13S/c1-4-7-10-11-12-13-14-15-16-17-20-33-51(71)64-50(43-83-42-44(82-53(73)35-19-9-6-3)41-81-52(72)34-18-8-5-2)58(78)69-49(40-70)57(77)67-46(30-22-26-37-61)55(75)65-45(29-21-25-36-60)54(74)66-47(31-23-27-38-62)56(76)68-48(59(79)80)32-24-28-39-63/h44-50,70H,4-43,60-63H2,1-3H3,(H,64,71)(H,65,75)(H,66,74)(H,67,77)(H,68,76)(H,69,78)(H,79,80)/t44?,45-,46-,47-,48-,49-,50+/m0/s1. The number of carboxylic acid groups (broad SMARTS) is 1. The maximum absolute atomic E-state index is 14.2. The minimum Gasteiger partial charge on any atom is -0.480 e. The molecule has 0 rings (SSSR count). The third-order valence-electron chi connectivity index (χ3n) is 14.1. The van der Waals surface area contributed by atoms with Crippen LogP contribution in [0.4, 0.5) is 0 Å². The highest BCUT2D eigenvalue weighted by Gasteiger charge is 2.33. The van der Waals surface area contributed by atoms with E-state index in [2.05, 4.69) is 38.8 Å². The molecule has 0 fully saturated rings. The number of hydrogen-bond acceptors (Lipinski definition) is 17. The van der Waals surface area contributed by atoms with E-state index < -0.39 is 102 Å². The quantitative estimate of drug-likeness (QED) is 0.0294. The first-order valence-corrected chi connectivity index (χ1v) is 32.6. The van der Waals surface area contributed by atoms with E-state index >= 15 is 0 Å². The molecule has 6 amide bonds. The van der Waals surface area contributed by atoms with Gasteiger partial charge in [-0.15, -0.1) is 0 Å². The number of esters is 2. The van der Waals surface area contributed by atoms with Gasteiger partial charge in [0.05, 0.1) is 6.61 Å². The molecule has 0 aliphatic heterocycles. The summed E-state index contributed by atoms with van der Waals surface area (Å²) < 4.78 is 11.2. The fourth-order valence-corrected chi connectivity index (χ4v) is 10.00. The number of nitrogens with one attached hydrogen (secondary N) is 6. The van der Waals surface area contributed by atoms with Crippen molar-refractivity contribution in [3.63, 3.8) is 0 Å². The Balaban J connectivity index is 6.57. The van der Waals surface area contributed by atoms with Crippen molar-refractivity contribution in [2.24, 2.45) is 22.9 Å². The molecule has 0 radical (unpaired) electrons. The molecule has 0 aromatic carbocycles. The topological polar surface area (TPSA) is 389 Å². The second-order valence-electron chi connectivity index (χ2n) is 21.6. The second-order valence-corrected chi connectivity index (χ2v) is 22.7. The Morgan fingerprint density at radius 3 is 1.17 bits per heavy atom. The number of nitrogens with two attached hydrogens (primary N) is 4. The lowest BCUT2D eigenvalue weighted by atomic mass is 10.0. The third kappa shape index (κ3) is 41.1. The van der Waals surface area contributed by atoms with Crippen molar-refractivity contribution >= 4 is 65.1 Å². The highest BCUT2D eigenvalue weighted by atomic mass is 32.2. The van der Waals surface area contributed by atoms with Gasteiger partial charge in [-0.3, -0.25) is 38.4 Å². The Labute approximate surface area is 500 Å². The minimum absolute atomic E-state index is 0.0373. The number of amides is 6. The van der Waals surface area contributed by atoms with E-state index in [0.717, 1.165) is 63.1 Å².